The quantitative estimate of drug-likeness (QED) is 0.514. The van der Waals surface area contributed by atoms with Gasteiger partial charge in [-0.25, -0.2) is 0 Å². The molecule has 0 unspecified atom stereocenters. The normalized spacial score (nSPS) is 14.7. The highest BCUT2D eigenvalue weighted by atomic mass is 16.5. The van der Waals surface area contributed by atoms with Gasteiger partial charge in [0.15, 0.2) is 11.5 Å². The Labute approximate surface area is 180 Å². The molecule has 162 valence electrons. The lowest BCUT2D eigenvalue weighted by atomic mass is 9.92. The highest BCUT2D eigenvalue weighted by Gasteiger charge is 2.35. The van der Waals surface area contributed by atoms with E-state index >= 15 is 0 Å². The molecule has 3 rings (SSSR count). The number of rotatable bonds is 8. The number of amides is 2. The zero-order valence-electron chi connectivity index (χ0n) is 17.8. The topological polar surface area (TPSA) is 93.1 Å². The van der Waals surface area contributed by atoms with E-state index in [0.717, 1.165) is 11.3 Å². The van der Waals surface area contributed by atoms with Gasteiger partial charge in [-0.05, 0) is 47.7 Å². The summed E-state index contributed by atoms with van der Waals surface area (Å²) in [6, 6.07) is 12.0. The van der Waals surface area contributed by atoms with E-state index in [4.69, 9.17) is 14.6 Å². The van der Waals surface area contributed by atoms with E-state index in [1.54, 1.807) is 48.5 Å². The molecule has 0 bridgehead atoms. The van der Waals surface area contributed by atoms with Crippen molar-refractivity contribution in [2.24, 2.45) is 5.92 Å². The second-order valence-corrected chi connectivity index (χ2v) is 7.64. The number of benzene rings is 2. The van der Waals surface area contributed by atoms with Crippen LogP contribution in [0.4, 0.5) is 0 Å². The highest BCUT2D eigenvalue weighted by Crippen LogP contribution is 2.33. The first-order chi connectivity index (χ1) is 14.8. The molecule has 2 aromatic carbocycles. The van der Waals surface area contributed by atoms with Gasteiger partial charge in [-0.2, -0.15) is 0 Å². The average molecular weight is 423 g/mol. The number of methoxy groups -OCH3 is 1. The Balaban J connectivity index is 1.99. The van der Waals surface area contributed by atoms with Crippen LogP contribution in [0.5, 0.6) is 11.5 Å². The maximum absolute atomic E-state index is 13.0. The van der Waals surface area contributed by atoms with Crippen molar-refractivity contribution >= 4 is 29.4 Å². The molecule has 1 heterocycles. The number of carbonyl (C=O) groups is 3. The van der Waals surface area contributed by atoms with Crippen molar-refractivity contribution in [3.05, 3.63) is 59.2 Å². The molecule has 0 fully saturated rings. The summed E-state index contributed by atoms with van der Waals surface area (Å²) in [5, 5.41) is 9.13. The number of carboxylic acid groups (broad SMARTS) is 1. The van der Waals surface area contributed by atoms with Crippen LogP contribution in [0.1, 0.15) is 41.8 Å². The van der Waals surface area contributed by atoms with Crippen molar-refractivity contribution in [2.45, 2.75) is 20.3 Å². The summed E-state index contributed by atoms with van der Waals surface area (Å²) in [6.45, 7) is 4.10. The highest BCUT2D eigenvalue weighted by molar-refractivity contribution is 6.34. The molecule has 0 spiro atoms. The Kier molecular flexibility index (Phi) is 6.74. The van der Waals surface area contributed by atoms with Crippen LogP contribution in [0.2, 0.25) is 0 Å². The first-order valence-electron chi connectivity index (χ1n) is 10.0. The first-order valence-corrected chi connectivity index (χ1v) is 10.0. The Bertz CT molecular complexity index is 1040. The third kappa shape index (κ3) is 4.94. The summed E-state index contributed by atoms with van der Waals surface area (Å²) in [5.74, 6) is -0.890. The van der Waals surface area contributed by atoms with Crippen LogP contribution < -0.4 is 9.47 Å². The number of carboxylic acids is 1. The number of carbonyl (C=O) groups excluding carboxylic acids is 2. The molecule has 31 heavy (non-hydrogen) atoms. The molecule has 0 radical (unpaired) electrons. The second-order valence-electron chi connectivity index (χ2n) is 7.64. The molecule has 1 N–H and O–H groups in total. The standard InChI is InChI=1S/C24H25NO6/c1-15(2)10-11-31-20-9-8-16(13-21(20)30-3)12-19-17-6-4-5-7-18(17)23(28)25(24(19)29)14-22(26)27/h4-9,12-13,15H,10-11,14H2,1-3H3,(H,26,27)/b19-12-. The molecule has 0 saturated carbocycles. The summed E-state index contributed by atoms with van der Waals surface area (Å²) in [7, 11) is 1.54. The molecular formula is C24H25NO6. The van der Waals surface area contributed by atoms with E-state index in [0.29, 0.717) is 35.2 Å². The van der Waals surface area contributed by atoms with Gasteiger partial charge in [0.05, 0.1) is 13.7 Å². The van der Waals surface area contributed by atoms with Gasteiger partial charge >= 0.3 is 5.97 Å². The van der Waals surface area contributed by atoms with Gasteiger partial charge in [-0.1, -0.05) is 38.1 Å². The molecule has 7 heteroatoms. The van der Waals surface area contributed by atoms with Gasteiger partial charge in [-0.15, -0.1) is 0 Å². The minimum Gasteiger partial charge on any atom is -0.493 e. The summed E-state index contributed by atoms with van der Waals surface area (Å²) in [6.07, 6.45) is 2.54. The fraction of sp³-hybridized carbons (Fsp3) is 0.292. The van der Waals surface area contributed by atoms with Crippen LogP contribution in [-0.4, -0.2) is 48.1 Å². The van der Waals surface area contributed by atoms with E-state index in [2.05, 4.69) is 13.8 Å². The number of nitrogens with zero attached hydrogens (tertiary/aromatic N) is 1. The molecule has 0 atom stereocenters. The monoisotopic (exact) mass is 423 g/mol. The third-order valence-electron chi connectivity index (χ3n) is 4.91. The Morgan fingerprint density at radius 1 is 1.06 bits per heavy atom. The van der Waals surface area contributed by atoms with Crippen molar-refractivity contribution in [3.8, 4) is 11.5 Å². The van der Waals surface area contributed by atoms with E-state index < -0.39 is 24.3 Å². The molecule has 2 amide bonds. The molecule has 0 aliphatic carbocycles. The van der Waals surface area contributed by atoms with Crippen LogP contribution >= 0.6 is 0 Å². The number of hydrogen-bond acceptors (Lipinski definition) is 5. The lowest BCUT2D eigenvalue weighted by Gasteiger charge is -2.27. The first kappa shape index (κ1) is 22.1. The van der Waals surface area contributed by atoms with Crippen molar-refractivity contribution < 1.29 is 29.0 Å². The van der Waals surface area contributed by atoms with E-state index in [-0.39, 0.29) is 11.1 Å². The number of hydrogen-bond donors (Lipinski definition) is 1. The van der Waals surface area contributed by atoms with Gasteiger partial charge in [0.2, 0.25) is 0 Å². The van der Waals surface area contributed by atoms with Crippen LogP contribution in [0.3, 0.4) is 0 Å². The molecule has 0 saturated heterocycles. The Morgan fingerprint density at radius 2 is 1.77 bits per heavy atom. The maximum atomic E-state index is 13.0. The summed E-state index contributed by atoms with van der Waals surface area (Å²) in [5.41, 5.74) is 1.66. The van der Waals surface area contributed by atoms with Gasteiger partial charge in [0, 0.05) is 11.1 Å². The van der Waals surface area contributed by atoms with Crippen molar-refractivity contribution in [1.29, 1.82) is 0 Å². The SMILES string of the molecule is COc1cc(/C=C2\C(=O)N(CC(=O)O)C(=O)c3ccccc32)ccc1OCCC(C)C. The molecule has 0 aromatic heterocycles. The number of fused-ring (bicyclic) bond motifs is 1. The van der Waals surface area contributed by atoms with Crippen LogP contribution in [0, 0.1) is 5.92 Å². The summed E-state index contributed by atoms with van der Waals surface area (Å²) < 4.78 is 11.2. The molecular weight excluding hydrogens is 398 g/mol. The van der Waals surface area contributed by atoms with Gasteiger partial charge < -0.3 is 14.6 Å². The number of ether oxygens (including phenoxy) is 2. The minimum absolute atomic E-state index is 0.243. The Hall–Kier alpha value is -3.61. The second kappa shape index (κ2) is 9.47. The fourth-order valence-corrected chi connectivity index (χ4v) is 3.29. The fourth-order valence-electron chi connectivity index (χ4n) is 3.29. The zero-order valence-corrected chi connectivity index (χ0v) is 17.8. The van der Waals surface area contributed by atoms with Crippen molar-refractivity contribution in [2.75, 3.05) is 20.3 Å². The summed E-state index contributed by atoms with van der Waals surface area (Å²) >= 11 is 0. The zero-order chi connectivity index (χ0) is 22.5. The van der Waals surface area contributed by atoms with Crippen LogP contribution in [0.15, 0.2) is 42.5 Å². The summed E-state index contributed by atoms with van der Waals surface area (Å²) in [4.78, 5) is 37.6. The van der Waals surface area contributed by atoms with Crippen molar-refractivity contribution in [3.63, 3.8) is 0 Å². The average Bonchev–Trinajstić information content (AvgIpc) is 2.74. The third-order valence-corrected chi connectivity index (χ3v) is 4.91. The largest absolute Gasteiger partial charge is 0.493 e. The van der Waals surface area contributed by atoms with E-state index in [9.17, 15) is 14.4 Å². The predicted octanol–water partition coefficient (Wildman–Crippen LogP) is 3.73. The van der Waals surface area contributed by atoms with Gasteiger partial charge in [0.1, 0.15) is 6.54 Å². The van der Waals surface area contributed by atoms with Crippen LogP contribution in [0.25, 0.3) is 11.6 Å². The van der Waals surface area contributed by atoms with Crippen LogP contribution in [-0.2, 0) is 9.59 Å². The maximum Gasteiger partial charge on any atom is 0.323 e. The van der Waals surface area contributed by atoms with Crippen molar-refractivity contribution in [1.82, 2.24) is 4.90 Å². The van der Waals surface area contributed by atoms with Gasteiger partial charge in [-0.3, -0.25) is 19.3 Å². The molecule has 1 aliphatic heterocycles. The molecule has 2 aromatic rings. The number of imide groups is 1. The lowest BCUT2D eigenvalue weighted by Crippen LogP contribution is -2.44. The Morgan fingerprint density at radius 3 is 2.42 bits per heavy atom. The minimum atomic E-state index is -1.26. The van der Waals surface area contributed by atoms with E-state index in [1.807, 2.05) is 0 Å². The predicted molar refractivity (Wildman–Crippen MR) is 116 cm³/mol. The molecule has 1 aliphatic rings. The number of aliphatic carboxylic acids is 1. The van der Waals surface area contributed by atoms with E-state index in [1.165, 1.54) is 7.11 Å². The van der Waals surface area contributed by atoms with Gasteiger partial charge in [0.25, 0.3) is 11.8 Å². The molecule has 7 nitrogen and oxygen atoms in total. The lowest BCUT2D eigenvalue weighted by molar-refractivity contribution is -0.141. The smallest absolute Gasteiger partial charge is 0.323 e.